The lowest BCUT2D eigenvalue weighted by Gasteiger charge is -2.12. The summed E-state index contributed by atoms with van der Waals surface area (Å²) in [6, 6.07) is 11.8. The molecule has 6 nitrogen and oxygen atoms in total. The van der Waals surface area contributed by atoms with Gasteiger partial charge in [-0.2, -0.15) is 0 Å². The summed E-state index contributed by atoms with van der Waals surface area (Å²) in [5.41, 5.74) is 2.57. The van der Waals surface area contributed by atoms with Crippen LogP contribution in [-0.2, 0) is 9.53 Å². The van der Waals surface area contributed by atoms with Crippen LogP contribution in [0.3, 0.4) is 0 Å². The molecule has 0 spiro atoms. The summed E-state index contributed by atoms with van der Waals surface area (Å²) in [6.07, 6.45) is 1.84. The quantitative estimate of drug-likeness (QED) is 0.808. The summed E-state index contributed by atoms with van der Waals surface area (Å²) in [4.78, 5) is 36.2. The van der Waals surface area contributed by atoms with E-state index in [1.54, 1.807) is 49.4 Å². The molecule has 0 heterocycles. The van der Waals surface area contributed by atoms with E-state index in [1.165, 1.54) is 7.11 Å². The number of hydrogen-bond acceptors (Lipinski definition) is 4. The summed E-state index contributed by atoms with van der Waals surface area (Å²) in [6.45, 7) is 1.74. The summed E-state index contributed by atoms with van der Waals surface area (Å²) in [5.74, 6) is -0.693. The Morgan fingerprint density at radius 1 is 1.04 bits per heavy atom. The van der Waals surface area contributed by atoms with E-state index in [0.717, 1.165) is 12.8 Å². The van der Waals surface area contributed by atoms with E-state index in [2.05, 4.69) is 10.6 Å². The number of ether oxygens (including phenoxy) is 1. The largest absolute Gasteiger partial charge is 0.465 e. The molecule has 0 unspecified atom stereocenters. The third kappa shape index (κ3) is 3.91. The first-order chi connectivity index (χ1) is 12.5. The maximum absolute atomic E-state index is 12.6. The normalized spacial score (nSPS) is 13.0. The van der Waals surface area contributed by atoms with Gasteiger partial charge in [-0.1, -0.05) is 12.1 Å². The molecule has 0 atom stereocenters. The summed E-state index contributed by atoms with van der Waals surface area (Å²) < 4.78 is 4.75. The molecule has 0 bridgehead atoms. The predicted molar refractivity (Wildman–Crippen MR) is 98.3 cm³/mol. The van der Waals surface area contributed by atoms with E-state index < -0.39 is 5.97 Å². The van der Waals surface area contributed by atoms with Gasteiger partial charge in [0.25, 0.3) is 5.91 Å². The van der Waals surface area contributed by atoms with Crippen molar-refractivity contribution in [1.82, 2.24) is 0 Å². The van der Waals surface area contributed by atoms with Crippen LogP contribution in [0.2, 0.25) is 0 Å². The van der Waals surface area contributed by atoms with Crippen molar-refractivity contribution in [2.24, 2.45) is 5.92 Å². The highest BCUT2D eigenvalue weighted by atomic mass is 16.5. The molecule has 1 aliphatic rings. The third-order valence-corrected chi connectivity index (χ3v) is 4.33. The van der Waals surface area contributed by atoms with Gasteiger partial charge in [0.1, 0.15) is 0 Å². The molecule has 1 saturated carbocycles. The van der Waals surface area contributed by atoms with Crippen LogP contribution in [0, 0.1) is 12.8 Å². The van der Waals surface area contributed by atoms with Crippen molar-refractivity contribution in [3.8, 4) is 0 Å². The molecule has 2 aromatic carbocycles. The first kappa shape index (κ1) is 17.7. The molecular weight excluding hydrogens is 332 g/mol. The van der Waals surface area contributed by atoms with E-state index in [1.807, 2.05) is 0 Å². The monoisotopic (exact) mass is 352 g/mol. The number of hydrogen-bond donors (Lipinski definition) is 2. The molecule has 26 heavy (non-hydrogen) atoms. The van der Waals surface area contributed by atoms with E-state index >= 15 is 0 Å². The van der Waals surface area contributed by atoms with E-state index in [0.29, 0.717) is 28.1 Å². The molecule has 1 aliphatic carbocycles. The van der Waals surface area contributed by atoms with Crippen LogP contribution in [0.1, 0.15) is 39.1 Å². The fourth-order valence-electron chi connectivity index (χ4n) is 2.62. The highest BCUT2D eigenvalue weighted by molar-refractivity contribution is 6.06. The zero-order valence-corrected chi connectivity index (χ0v) is 14.7. The van der Waals surface area contributed by atoms with Gasteiger partial charge in [0, 0.05) is 22.9 Å². The average molecular weight is 352 g/mol. The molecule has 2 amide bonds. The Labute approximate surface area is 151 Å². The van der Waals surface area contributed by atoms with Gasteiger partial charge in [-0.25, -0.2) is 4.79 Å². The Hall–Kier alpha value is -3.15. The van der Waals surface area contributed by atoms with Crippen molar-refractivity contribution in [1.29, 1.82) is 0 Å². The van der Waals surface area contributed by atoms with Gasteiger partial charge in [-0.15, -0.1) is 0 Å². The SMILES string of the molecule is COC(=O)c1cccc(NC(=O)c2cccc(NC(=O)C3CC3)c2)c1C. The Bertz CT molecular complexity index is 872. The minimum absolute atomic E-state index is 0.0100. The fraction of sp³-hybridized carbons (Fsp3) is 0.250. The summed E-state index contributed by atoms with van der Waals surface area (Å²) in [5, 5.41) is 5.63. The molecule has 0 aromatic heterocycles. The second-order valence-corrected chi connectivity index (χ2v) is 6.27. The van der Waals surface area contributed by atoms with Crippen LogP contribution < -0.4 is 10.6 Å². The molecule has 134 valence electrons. The van der Waals surface area contributed by atoms with Gasteiger partial charge < -0.3 is 15.4 Å². The zero-order chi connectivity index (χ0) is 18.7. The smallest absolute Gasteiger partial charge is 0.338 e. The van der Waals surface area contributed by atoms with Crippen molar-refractivity contribution in [3.63, 3.8) is 0 Å². The third-order valence-electron chi connectivity index (χ3n) is 4.33. The lowest BCUT2D eigenvalue weighted by atomic mass is 10.1. The van der Waals surface area contributed by atoms with Crippen molar-refractivity contribution in [2.75, 3.05) is 17.7 Å². The highest BCUT2D eigenvalue weighted by Gasteiger charge is 2.29. The Morgan fingerprint density at radius 3 is 2.46 bits per heavy atom. The van der Waals surface area contributed by atoms with E-state index in [4.69, 9.17) is 4.74 Å². The van der Waals surface area contributed by atoms with Gasteiger partial charge in [-0.05, 0) is 55.7 Å². The summed E-state index contributed by atoms with van der Waals surface area (Å²) in [7, 11) is 1.31. The van der Waals surface area contributed by atoms with Crippen LogP contribution in [0.25, 0.3) is 0 Å². The number of carbonyl (C=O) groups is 3. The number of methoxy groups -OCH3 is 1. The van der Waals surface area contributed by atoms with Gasteiger partial charge in [0.15, 0.2) is 0 Å². The van der Waals surface area contributed by atoms with Gasteiger partial charge in [-0.3, -0.25) is 9.59 Å². The average Bonchev–Trinajstić information content (AvgIpc) is 3.48. The molecule has 0 saturated heterocycles. The van der Waals surface area contributed by atoms with Crippen LogP contribution >= 0.6 is 0 Å². The maximum Gasteiger partial charge on any atom is 0.338 e. The lowest BCUT2D eigenvalue weighted by Crippen LogP contribution is -2.16. The molecule has 0 radical (unpaired) electrons. The molecule has 2 aromatic rings. The number of esters is 1. The van der Waals surface area contributed by atoms with E-state index in [9.17, 15) is 14.4 Å². The van der Waals surface area contributed by atoms with Gasteiger partial charge in [0.2, 0.25) is 5.91 Å². The highest BCUT2D eigenvalue weighted by Crippen LogP contribution is 2.30. The van der Waals surface area contributed by atoms with Crippen molar-refractivity contribution >= 4 is 29.2 Å². The molecule has 1 fully saturated rings. The molecule has 2 N–H and O–H groups in total. The van der Waals surface area contributed by atoms with Gasteiger partial charge >= 0.3 is 5.97 Å². The van der Waals surface area contributed by atoms with Crippen LogP contribution in [0.5, 0.6) is 0 Å². The molecule has 6 heteroatoms. The second kappa shape index (κ2) is 7.39. The number of amides is 2. The Kier molecular flexibility index (Phi) is 5.02. The molecular formula is C20H20N2O4. The fourth-order valence-corrected chi connectivity index (χ4v) is 2.62. The van der Waals surface area contributed by atoms with E-state index in [-0.39, 0.29) is 17.7 Å². The Balaban J connectivity index is 1.76. The zero-order valence-electron chi connectivity index (χ0n) is 14.7. The first-order valence-electron chi connectivity index (χ1n) is 8.40. The second-order valence-electron chi connectivity index (χ2n) is 6.27. The van der Waals surface area contributed by atoms with Crippen molar-refractivity contribution in [2.45, 2.75) is 19.8 Å². The lowest BCUT2D eigenvalue weighted by molar-refractivity contribution is -0.117. The number of carbonyl (C=O) groups excluding carboxylic acids is 3. The maximum atomic E-state index is 12.6. The number of nitrogens with one attached hydrogen (secondary N) is 2. The summed E-state index contributed by atoms with van der Waals surface area (Å²) >= 11 is 0. The number of benzene rings is 2. The number of rotatable bonds is 5. The minimum atomic E-state index is -0.455. The standard InChI is InChI=1S/C20H20N2O4/c1-12-16(20(25)26-2)7-4-8-17(12)22-19(24)14-5-3-6-15(11-14)21-18(23)13-9-10-13/h3-8,11,13H,9-10H2,1-2H3,(H,21,23)(H,22,24). The first-order valence-corrected chi connectivity index (χ1v) is 8.40. The minimum Gasteiger partial charge on any atom is -0.465 e. The molecule has 3 rings (SSSR count). The topological polar surface area (TPSA) is 84.5 Å². The Morgan fingerprint density at radius 2 is 1.77 bits per heavy atom. The predicted octanol–water partition coefficient (Wildman–Crippen LogP) is 3.38. The molecule has 0 aliphatic heterocycles. The number of anilines is 2. The van der Waals surface area contributed by atoms with Crippen molar-refractivity contribution < 1.29 is 19.1 Å². The van der Waals surface area contributed by atoms with Crippen LogP contribution in [-0.4, -0.2) is 24.9 Å². The van der Waals surface area contributed by atoms with Crippen molar-refractivity contribution in [3.05, 3.63) is 59.2 Å². The van der Waals surface area contributed by atoms with Crippen LogP contribution in [0.4, 0.5) is 11.4 Å². The van der Waals surface area contributed by atoms with Crippen LogP contribution in [0.15, 0.2) is 42.5 Å². The van der Waals surface area contributed by atoms with Gasteiger partial charge in [0.05, 0.1) is 12.7 Å².